The molecule has 0 aliphatic heterocycles. The van der Waals surface area contributed by atoms with Gasteiger partial charge in [0.15, 0.2) is 0 Å². The van der Waals surface area contributed by atoms with Gasteiger partial charge in [-0.15, -0.1) is 0 Å². The molecule has 152 valence electrons. The summed E-state index contributed by atoms with van der Waals surface area (Å²) >= 11 is 0. The van der Waals surface area contributed by atoms with Crippen molar-refractivity contribution in [2.45, 2.75) is 58.7 Å². The van der Waals surface area contributed by atoms with Crippen molar-refractivity contribution in [2.24, 2.45) is 0 Å². The summed E-state index contributed by atoms with van der Waals surface area (Å²) in [6, 6.07) is 8.93. The molecule has 0 spiro atoms. The molecule has 1 aromatic carbocycles. The topological polar surface area (TPSA) is 111 Å². The summed E-state index contributed by atoms with van der Waals surface area (Å²) < 4.78 is 37.6. The van der Waals surface area contributed by atoms with Crippen molar-refractivity contribution in [1.29, 1.82) is 0 Å². The molecule has 9 heteroatoms. The number of ether oxygens (including phenoxy) is 2. The van der Waals surface area contributed by atoms with Gasteiger partial charge in [0.05, 0.1) is 0 Å². The Morgan fingerprint density at radius 1 is 1.04 bits per heavy atom. The zero-order valence-electron chi connectivity index (χ0n) is 16.0. The van der Waals surface area contributed by atoms with Crippen molar-refractivity contribution in [1.82, 2.24) is 9.44 Å². The largest absolute Gasteiger partial charge is 0.460 e. The molecule has 1 aromatic rings. The second kappa shape index (κ2) is 10.9. The highest BCUT2D eigenvalue weighted by atomic mass is 32.2. The average Bonchev–Trinajstić information content (AvgIpc) is 2.55. The number of unbranched alkanes of at least 4 members (excludes halogenated alkanes) is 2. The summed E-state index contributed by atoms with van der Waals surface area (Å²) in [7, 11) is -3.98. The van der Waals surface area contributed by atoms with Crippen LogP contribution in [0, 0.1) is 0 Å². The van der Waals surface area contributed by atoms with E-state index in [1.807, 2.05) is 6.07 Å². The molecule has 0 aliphatic rings. The number of nitrogens with one attached hydrogen (secondary N) is 2. The Kier molecular flexibility index (Phi) is 9.23. The molecule has 0 fully saturated rings. The molecule has 0 bridgehead atoms. The molecule has 1 rings (SSSR count). The van der Waals surface area contributed by atoms with Crippen LogP contribution in [-0.4, -0.2) is 32.6 Å². The van der Waals surface area contributed by atoms with Crippen LogP contribution >= 0.6 is 0 Å². The molecule has 0 radical (unpaired) electrons. The van der Waals surface area contributed by atoms with Crippen LogP contribution in [0.2, 0.25) is 0 Å². The van der Waals surface area contributed by atoms with Crippen molar-refractivity contribution < 1.29 is 27.5 Å². The smallest absolute Gasteiger partial charge is 0.422 e. The summed E-state index contributed by atoms with van der Waals surface area (Å²) in [6.45, 7) is 5.54. The van der Waals surface area contributed by atoms with Crippen LogP contribution in [0.1, 0.15) is 52.0 Å². The Hall–Kier alpha value is -2.13. The lowest BCUT2D eigenvalue weighted by molar-refractivity contribution is -0.154. The molecule has 0 aromatic heterocycles. The van der Waals surface area contributed by atoms with Gasteiger partial charge in [0.2, 0.25) is 0 Å². The fourth-order valence-corrected chi connectivity index (χ4v) is 2.83. The van der Waals surface area contributed by atoms with Crippen LogP contribution in [0.4, 0.5) is 4.79 Å². The molecule has 0 atom stereocenters. The fourth-order valence-electron chi connectivity index (χ4n) is 2.07. The number of hydrogen-bond donors (Lipinski definition) is 2. The highest BCUT2D eigenvalue weighted by Crippen LogP contribution is 2.10. The van der Waals surface area contributed by atoms with Gasteiger partial charge in [0, 0.05) is 13.0 Å². The minimum absolute atomic E-state index is 0.0210. The molecular weight excluding hydrogens is 372 g/mol. The summed E-state index contributed by atoms with van der Waals surface area (Å²) in [5.41, 5.74) is 0.246. The fraction of sp³-hybridized carbons (Fsp3) is 0.556. The summed E-state index contributed by atoms with van der Waals surface area (Å²) in [6.07, 6.45) is 1.02. The first kappa shape index (κ1) is 22.9. The summed E-state index contributed by atoms with van der Waals surface area (Å²) in [5, 5.41) is 0. The van der Waals surface area contributed by atoms with Crippen molar-refractivity contribution in [3.05, 3.63) is 35.9 Å². The third-order valence-corrected chi connectivity index (χ3v) is 4.22. The first-order valence-electron chi connectivity index (χ1n) is 8.77. The van der Waals surface area contributed by atoms with Gasteiger partial charge in [-0.3, -0.25) is 4.79 Å². The van der Waals surface area contributed by atoms with Crippen LogP contribution < -0.4 is 9.44 Å². The predicted octanol–water partition coefficient (Wildman–Crippen LogP) is 2.65. The average molecular weight is 400 g/mol. The summed E-state index contributed by atoms with van der Waals surface area (Å²) in [5.74, 6) is -0.272. The van der Waals surface area contributed by atoms with Crippen molar-refractivity contribution in [2.75, 3.05) is 6.54 Å². The van der Waals surface area contributed by atoms with E-state index < -0.39 is 21.9 Å². The van der Waals surface area contributed by atoms with Gasteiger partial charge < -0.3 is 9.47 Å². The van der Waals surface area contributed by atoms with Gasteiger partial charge in [-0.2, -0.15) is 13.1 Å². The molecular formula is C18H28N2O6S. The first-order chi connectivity index (χ1) is 12.6. The molecule has 0 heterocycles. The molecule has 0 saturated heterocycles. The Labute approximate surface area is 160 Å². The predicted molar refractivity (Wildman–Crippen MR) is 101 cm³/mol. The van der Waals surface area contributed by atoms with E-state index >= 15 is 0 Å². The minimum Gasteiger partial charge on any atom is -0.460 e. The van der Waals surface area contributed by atoms with Gasteiger partial charge in [-0.25, -0.2) is 9.52 Å². The van der Waals surface area contributed by atoms with E-state index in [9.17, 15) is 18.0 Å². The number of carbonyl (C=O) groups excluding carboxylic acids is 2. The molecule has 1 amide bonds. The number of hydrogen-bond acceptors (Lipinski definition) is 6. The van der Waals surface area contributed by atoms with Crippen LogP contribution in [0.5, 0.6) is 0 Å². The Morgan fingerprint density at radius 2 is 1.70 bits per heavy atom. The lowest BCUT2D eigenvalue weighted by atomic mass is 10.1. The number of esters is 1. The number of carbonyl (C=O) groups is 2. The SMILES string of the molecule is CC(C)(C)OC(=O)CCCCCNS(=O)(=O)NC(=O)OCc1ccccc1. The van der Waals surface area contributed by atoms with E-state index in [4.69, 9.17) is 9.47 Å². The number of rotatable bonds is 10. The van der Waals surface area contributed by atoms with Crippen molar-refractivity contribution >= 4 is 22.3 Å². The van der Waals surface area contributed by atoms with Crippen LogP contribution in [0.25, 0.3) is 0 Å². The van der Waals surface area contributed by atoms with Crippen molar-refractivity contribution in [3.63, 3.8) is 0 Å². The molecule has 8 nitrogen and oxygen atoms in total. The van der Waals surface area contributed by atoms with Gasteiger partial charge >= 0.3 is 22.3 Å². The first-order valence-corrected chi connectivity index (χ1v) is 10.3. The third-order valence-electron chi connectivity index (χ3n) is 3.20. The van der Waals surface area contributed by atoms with E-state index in [2.05, 4.69) is 4.72 Å². The van der Waals surface area contributed by atoms with Crippen LogP contribution in [-0.2, 0) is 31.1 Å². The monoisotopic (exact) mass is 400 g/mol. The number of benzene rings is 1. The lowest BCUT2D eigenvalue weighted by Gasteiger charge is -2.19. The molecule has 0 aliphatic carbocycles. The molecule has 0 unspecified atom stereocenters. The van der Waals surface area contributed by atoms with Gasteiger partial charge in [0.25, 0.3) is 0 Å². The maximum atomic E-state index is 11.8. The van der Waals surface area contributed by atoms with Crippen LogP contribution in [0.15, 0.2) is 30.3 Å². The second-order valence-electron chi connectivity index (χ2n) is 6.96. The van der Waals surface area contributed by atoms with E-state index in [0.29, 0.717) is 19.3 Å². The maximum Gasteiger partial charge on any atom is 0.422 e. The van der Waals surface area contributed by atoms with E-state index in [-0.39, 0.29) is 25.5 Å². The van der Waals surface area contributed by atoms with Gasteiger partial charge in [-0.05, 0) is 39.2 Å². The van der Waals surface area contributed by atoms with E-state index in [0.717, 1.165) is 5.56 Å². The summed E-state index contributed by atoms with van der Waals surface area (Å²) in [4.78, 5) is 23.1. The maximum absolute atomic E-state index is 11.8. The molecule has 27 heavy (non-hydrogen) atoms. The van der Waals surface area contributed by atoms with Crippen molar-refractivity contribution in [3.8, 4) is 0 Å². The number of amides is 1. The zero-order chi connectivity index (χ0) is 20.3. The molecule has 2 N–H and O–H groups in total. The molecule has 0 saturated carbocycles. The Balaban J connectivity index is 2.16. The second-order valence-corrected chi connectivity index (χ2v) is 8.46. The normalized spacial score (nSPS) is 11.7. The zero-order valence-corrected chi connectivity index (χ0v) is 16.8. The standard InChI is InChI=1S/C18H28N2O6S/c1-18(2,3)26-16(21)12-8-5-9-13-19-27(23,24)20-17(22)25-14-15-10-6-4-7-11-15/h4,6-7,10-11,19H,5,8-9,12-14H2,1-3H3,(H,20,22). The minimum atomic E-state index is -3.98. The van der Waals surface area contributed by atoms with Gasteiger partial charge in [0.1, 0.15) is 12.2 Å². The highest BCUT2D eigenvalue weighted by Gasteiger charge is 2.16. The van der Waals surface area contributed by atoms with E-state index in [1.165, 1.54) is 0 Å². The van der Waals surface area contributed by atoms with Crippen LogP contribution in [0.3, 0.4) is 0 Å². The lowest BCUT2D eigenvalue weighted by Crippen LogP contribution is -2.40. The Morgan fingerprint density at radius 3 is 2.33 bits per heavy atom. The van der Waals surface area contributed by atoms with Gasteiger partial charge in [-0.1, -0.05) is 36.8 Å². The van der Waals surface area contributed by atoms with E-state index in [1.54, 1.807) is 49.8 Å². The highest BCUT2D eigenvalue weighted by molar-refractivity contribution is 7.88. The Bertz CT molecular complexity index is 698. The quantitative estimate of drug-likeness (QED) is 0.461. The third kappa shape index (κ3) is 12.0.